The Hall–Kier alpha value is 0.140. The van der Waals surface area contributed by atoms with E-state index in [9.17, 15) is 5.11 Å². The molecule has 1 aliphatic carbocycles. The van der Waals surface area contributed by atoms with Crippen LogP contribution in [0.5, 0.6) is 0 Å². The zero-order valence-electron chi connectivity index (χ0n) is 9.00. The van der Waals surface area contributed by atoms with Gasteiger partial charge in [0.2, 0.25) is 0 Å². The summed E-state index contributed by atoms with van der Waals surface area (Å²) in [6, 6.07) is 2.06. The van der Waals surface area contributed by atoms with Crippen LogP contribution in [0.2, 0.25) is 0 Å². The molecule has 0 radical (unpaired) electrons. The van der Waals surface area contributed by atoms with Crippen molar-refractivity contribution in [3.63, 3.8) is 0 Å². The molecular formula is C12H17BrOS. The Morgan fingerprint density at radius 2 is 2.20 bits per heavy atom. The lowest BCUT2D eigenvalue weighted by Crippen LogP contribution is -2.31. The van der Waals surface area contributed by atoms with E-state index in [-0.39, 0.29) is 11.5 Å². The van der Waals surface area contributed by atoms with Gasteiger partial charge in [-0.3, -0.25) is 0 Å². The first-order valence-corrected chi connectivity index (χ1v) is 7.19. The van der Waals surface area contributed by atoms with Gasteiger partial charge in [-0.15, -0.1) is 11.3 Å². The highest BCUT2D eigenvalue weighted by molar-refractivity contribution is 9.10. The fraction of sp³-hybridized carbons (Fsp3) is 0.667. The second-order valence-corrected chi connectivity index (χ2v) is 6.63. The minimum Gasteiger partial charge on any atom is -0.392 e. The summed E-state index contributed by atoms with van der Waals surface area (Å²) in [6.45, 7) is 2.23. The molecule has 1 aromatic heterocycles. The molecule has 0 saturated heterocycles. The monoisotopic (exact) mass is 288 g/mol. The fourth-order valence-electron chi connectivity index (χ4n) is 2.41. The van der Waals surface area contributed by atoms with E-state index in [1.807, 2.05) is 0 Å². The zero-order valence-corrected chi connectivity index (χ0v) is 11.4. The van der Waals surface area contributed by atoms with Gasteiger partial charge < -0.3 is 5.11 Å². The van der Waals surface area contributed by atoms with Crippen LogP contribution in [0, 0.1) is 5.41 Å². The molecule has 1 aromatic rings. The summed E-state index contributed by atoms with van der Waals surface area (Å²) in [7, 11) is 0. The number of aliphatic hydroxyl groups is 1. The minimum atomic E-state index is -0.185. The standard InChI is InChI=1S/C12H17BrOS/c1-12(5-2-3-6-12)11(14)8-10-9(13)4-7-15-10/h4,7,11,14H,2-3,5-6,8H2,1H3. The summed E-state index contributed by atoms with van der Waals surface area (Å²) in [4.78, 5) is 1.27. The third-order valence-electron chi connectivity index (χ3n) is 3.62. The third kappa shape index (κ3) is 2.45. The van der Waals surface area contributed by atoms with Crippen LogP contribution in [-0.2, 0) is 6.42 Å². The molecule has 1 unspecified atom stereocenters. The van der Waals surface area contributed by atoms with Gasteiger partial charge in [0, 0.05) is 15.8 Å². The number of hydrogen-bond donors (Lipinski definition) is 1. The normalized spacial score (nSPS) is 21.8. The first kappa shape index (κ1) is 11.6. The number of halogens is 1. The van der Waals surface area contributed by atoms with E-state index in [0.717, 1.165) is 10.9 Å². The Balaban J connectivity index is 2.03. The zero-order chi connectivity index (χ0) is 10.9. The first-order valence-electron chi connectivity index (χ1n) is 5.52. The summed E-state index contributed by atoms with van der Waals surface area (Å²) < 4.78 is 1.15. The molecule has 0 aromatic carbocycles. The largest absolute Gasteiger partial charge is 0.392 e. The molecule has 0 aliphatic heterocycles. The minimum absolute atomic E-state index is 0.156. The lowest BCUT2D eigenvalue weighted by Gasteiger charge is -2.29. The highest BCUT2D eigenvalue weighted by Crippen LogP contribution is 2.42. The molecule has 1 heterocycles. The van der Waals surface area contributed by atoms with E-state index < -0.39 is 0 Å². The molecular weight excluding hydrogens is 272 g/mol. The smallest absolute Gasteiger partial charge is 0.0642 e. The van der Waals surface area contributed by atoms with E-state index in [2.05, 4.69) is 34.3 Å². The van der Waals surface area contributed by atoms with Crippen LogP contribution < -0.4 is 0 Å². The first-order chi connectivity index (χ1) is 7.12. The summed E-state index contributed by atoms with van der Waals surface area (Å²) in [5.74, 6) is 0. The molecule has 1 aliphatic rings. The van der Waals surface area contributed by atoms with Crippen LogP contribution in [0.3, 0.4) is 0 Å². The third-order valence-corrected chi connectivity index (χ3v) is 5.57. The summed E-state index contributed by atoms with van der Waals surface area (Å²) >= 11 is 5.25. The molecule has 1 atom stereocenters. The van der Waals surface area contributed by atoms with Crippen molar-refractivity contribution in [3.05, 3.63) is 20.8 Å². The summed E-state index contributed by atoms with van der Waals surface area (Å²) in [5.41, 5.74) is 0.156. The number of hydrogen-bond acceptors (Lipinski definition) is 2. The molecule has 0 amide bonds. The van der Waals surface area contributed by atoms with Crippen molar-refractivity contribution >= 4 is 27.3 Å². The van der Waals surface area contributed by atoms with Crippen molar-refractivity contribution < 1.29 is 5.11 Å². The lowest BCUT2D eigenvalue weighted by atomic mass is 9.81. The molecule has 1 fully saturated rings. The number of rotatable bonds is 3. The second-order valence-electron chi connectivity index (χ2n) is 4.77. The Kier molecular flexibility index (Phi) is 3.53. The topological polar surface area (TPSA) is 20.2 Å². The Labute approximate surface area is 104 Å². The molecule has 84 valence electrons. The quantitative estimate of drug-likeness (QED) is 0.892. The van der Waals surface area contributed by atoms with E-state index in [1.165, 1.54) is 30.6 Å². The lowest BCUT2D eigenvalue weighted by molar-refractivity contribution is 0.0429. The molecule has 1 N–H and O–H groups in total. The van der Waals surface area contributed by atoms with Crippen LogP contribution in [0.4, 0.5) is 0 Å². The van der Waals surface area contributed by atoms with Crippen LogP contribution in [0.1, 0.15) is 37.5 Å². The van der Waals surface area contributed by atoms with Gasteiger partial charge in [-0.25, -0.2) is 0 Å². The maximum absolute atomic E-state index is 10.3. The molecule has 3 heteroatoms. The van der Waals surface area contributed by atoms with Gasteiger partial charge in [-0.1, -0.05) is 19.8 Å². The molecule has 2 rings (SSSR count). The number of aliphatic hydroxyl groups excluding tert-OH is 1. The van der Waals surface area contributed by atoms with Gasteiger partial charge in [0.25, 0.3) is 0 Å². The highest BCUT2D eigenvalue weighted by atomic mass is 79.9. The molecule has 1 saturated carbocycles. The van der Waals surface area contributed by atoms with Crippen molar-refractivity contribution in [3.8, 4) is 0 Å². The van der Waals surface area contributed by atoms with Gasteiger partial charge in [-0.2, -0.15) is 0 Å². The van der Waals surface area contributed by atoms with Crippen LogP contribution in [-0.4, -0.2) is 11.2 Å². The van der Waals surface area contributed by atoms with Crippen molar-refractivity contribution in [1.29, 1.82) is 0 Å². The summed E-state index contributed by atoms with van der Waals surface area (Å²) in [6.07, 6.45) is 5.52. The van der Waals surface area contributed by atoms with Gasteiger partial charge in [0.15, 0.2) is 0 Å². The highest BCUT2D eigenvalue weighted by Gasteiger charge is 2.36. The maximum atomic E-state index is 10.3. The van der Waals surface area contributed by atoms with Gasteiger partial charge in [0.05, 0.1) is 6.10 Å². The summed E-state index contributed by atoms with van der Waals surface area (Å²) in [5, 5.41) is 12.4. The van der Waals surface area contributed by atoms with Crippen LogP contribution in [0.15, 0.2) is 15.9 Å². The van der Waals surface area contributed by atoms with Crippen molar-refractivity contribution in [2.24, 2.45) is 5.41 Å². The SMILES string of the molecule is CC1(C(O)Cc2sccc2Br)CCCC1. The van der Waals surface area contributed by atoms with Gasteiger partial charge in [0.1, 0.15) is 0 Å². The van der Waals surface area contributed by atoms with E-state index in [4.69, 9.17) is 0 Å². The van der Waals surface area contributed by atoms with Crippen molar-refractivity contribution in [2.45, 2.75) is 45.1 Å². The predicted molar refractivity (Wildman–Crippen MR) is 68.3 cm³/mol. The predicted octanol–water partition coefficient (Wildman–Crippen LogP) is 3.99. The Morgan fingerprint density at radius 1 is 1.53 bits per heavy atom. The molecule has 15 heavy (non-hydrogen) atoms. The molecule has 0 bridgehead atoms. The van der Waals surface area contributed by atoms with Crippen LogP contribution >= 0.6 is 27.3 Å². The maximum Gasteiger partial charge on any atom is 0.0642 e. The van der Waals surface area contributed by atoms with E-state index in [0.29, 0.717) is 0 Å². The van der Waals surface area contributed by atoms with Gasteiger partial charge in [-0.05, 0) is 45.6 Å². The Morgan fingerprint density at radius 3 is 2.73 bits per heavy atom. The Bertz CT molecular complexity index is 328. The molecule has 0 spiro atoms. The van der Waals surface area contributed by atoms with Crippen LogP contribution in [0.25, 0.3) is 0 Å². The average molecular weight is 289 g/mol. The average Bonchev–Trinajstić information content (AvgIpc) is 2.78. The van der Waals surface area contributed by atoms with Gasteiger partial charge >= 0.3 is 0 Å². The fourth-order valence-corrected chi connectivity index (χ4v) is 3.96. The second kappa shape index (κ2) is 4.56. The van der Waals surface area contributed by atoms with Crippen molar-refractivity contribution in [1.82, 2.24) is 0 Å². The number of thiophene rings is 1. The van der Waals surface area contributed by atoms with E-state index >= 15 is 0 Å². The molecule has 1 nitrogen and oxygen atoms in total. The van der Waals surface area contributed by atoms with E-state index in [1.54, 1.807) is 11.3 Å². The van der Waals surface area contributed by atoms with Crippen molar-refractivity contribution in [2.75, 3.05) is 0 Å².